The zero-order valence-corrected chi connectivity index (χ0v) is 18.8. The summed E-state index contributed by atoms with van der Waals surface area (Å²) < 4.78 is 105. The first-order valence-corrected chi connectivity index (χ1v) is 11.4. The fourth-order valence-electron chi connectivity index (χ4n) is 2.94. The van der Waals surface area contributed by atoms with Gasteiger partial charge in [-0.1, -0.05) is 0 Å². The second kappa shape index (κ2) is 8.51. The van der Waals surface area contributed by atoms with Crippen molar-refractivity contribution in [3.05, 3.63) is 36.2 Å². The van der Waals surface area contributed by atoms with Gasteiger partial charge in [0.2, 0.25) is 0 Å². The molecule has 0 radical (unpaired) electrons. The number of nitrogens with zero attached hydrogens (tertiary/aromatic N) is 2. The zero-order valence-electron chi connectivity index (χ0n) is 17.2. The second-order valence-electron chi connectivity index (χ2n) is 7.65. The van der Waals surface area contributed by atoms with Gasteiger partial charge in [0.05, 0.1) is 5.60 Å². The number of sulfonamides is 1. The van der Waals surface area contributed by atoms with E-state index in [0.717, 1.165) is 38.2 Å². The van der Waals surface area contributed by atoms with Crippen molar-refractivity contribution in [1.82, 2.24) is 14.3 Å². The molecule has 0 aliphatic rings. The lowest BCUT2D eigenvalue weighted by molar-refractivity contribution is -0.229. The predicted molar refractivity (Wildman–Crippen MR) is 107 cm³/mol. The molecule has 0 saturated carbocycles. The molecular weight excluding hydrogens is 516 g/mol. The fraction of sp³-hybridized carbons (Fsp3) is 0.333. The Morgan fingerprint density at radius 2 is 1.85 bits per heavy atom. The number of carbonyl (C=O) groups is 1. The minimum atomic E-state index is -5.23. The van der Waals surface area contributed by atoms with Gasteiger partial charge in [-0.05, 0) is 38.1 Å². The molecule has 3 rings (SSSR count). The molecule has 3 heterocycles. The quantitative estimate of drug-likeness (QED) is 0.351. The molecule has 0 spiro atoms. The summed E-state index contributed by atoms with van der Waals surface area (Å²) in [5.41, 5.74) is -3.22. The van der Waals surface area contributed by atoms with Gasteiger partial charge >= 0.3 is 18.2 Å². The van der Waals surface area contributed by atoms with E-state index in [0.29, 0.717) is 11.3 Å². The number of aromatic nitrogens is 2. The van der Waals surface area contributed by atoms with Gasteiger partial charge in [0.25, 0.3) is 10.0 Å². The number of aromatic amines is 1. The van der Waals surface area contributed by atoms with E-state index in [1.54, 1.807) is 0 Å². The van der Waals surface area contributed by atoms with E-state index in [2.05, 4.69) is 14.9 Å². The first-order valence-electron chi connectivity index (χ1n) is 9.09. The second-order valence-corrected chi connectivity index (χ2v) is 10.8. The number of halogens is 6. The molecule has 0 bridgehead atoms. The number of pyridine rings is 1. The molecule has 0 saturated heterocycles. The average molecular weight is 531 g/mol. The fourth-order valence-corrected chi connectivity index (χ4v) is 6.00. The van der Waals surface area contributed by atoms with E-state index < -0.39 is 54.6 Å². The van der Waals surface area contributed by atoms with Crippen LogP contribution in [-0.2, 0) is 25.9 Å². The van der Waals surface area contributed by atoms with Crippen molar-refractivity contribution in [3.8, 4) is 10.4 Å². The van der Waals surface area contributed by atoms with Crippen LogP contribution in [0.1, 0.15) is 19.5 Å². The van der Waals surface area contributed by atoms with E-state index in [4.69, 9.17) is 0 Å². The normalized spacial score (nSPS) is 13.6. The third-order valence-electron chi connectivity index (χ3n) is 4.39. The monoisotopic (exact) mass is 531 g/mol. The van der Waals surface area contributed by atoms with Gasteiger partial charge in [0.15, 0.2) is 0 Å². The molecular formula is C18H15F6N3O5S2. The maximum atomic E-state index is 14.5. The number of hydrogen-bond acceptors (Lipinski definition) is 7. The van der Waals surface area contributed by atoms with Crippen LogP contribution in [0, 0.1) is 0 Å². The minimum absolute atomic E-state index is 0.0136. The molecule has 2 N–H and O–H groups in total. The number of nitrogens with one attached hydrogen (secondary N) is 1. The lowest BCUT2D eigenvalue weighted by Gasteiger charge is -2.31. The van der Waals surface area contributed by atoms with Crippen LogP contribution in [-0.4, -0.2) is 52.0 Å². The molecule has 0 aromatic carbocycles. The Labute approximate surface area is 191 Å². The number of rotatable bonds is 7. The number of aliphatic hydroxyl groups is 1. The van der Waals surface area contributed by atoms with Gasteiger partial charge in [-0.15, -0.1) is 15.6 Å². The van der Waals surface area contributed by atoms with Gasteiger partial charge in [-0.3, -0.25) is 0 Å². The number of thiophene rings is 1. The highest BCUT2D eigenvalue weighted by atomic mass is 32.2. The highest BCUT2D eigenvalue weighted by Gasteiger charge is 2.56. The Hall–Kier alpha value is -2.69. The van der Waals surface area contributed by atoms with Crippen molar-refractivity contribution in [2.75, 3.05) is 6.54 Å². The van der Waals surface area contributed by atoms with Crippen LogP contribution in [0.3, 0.4) is 0 Å². The summed E-state index contributed by atoms with van der Waals surface area (Å²) in [4.78, 5) is 19.7. The Balaban J connectivity index is 2.11. The first kappa shape index (κ1) is 25.9. The molecule has 8 nitrogen and oxygen atoms in total. The molecule has 3 aromatic rings. The maximum absolute atomic E-state index is 14.5. The van der Waals surface area contributed by atoms with Crippen LogP contribution >= 0.6 is 11.3 Å². The van der Waals surface area contributed by atoms with Crippen molar-refractivity contribution in [3.63, 3.8) is 0 Å². The van der Waals surface area contributed by atoms with Crippen LogP contribution < -0.4 is 0 Å². The lowest BCUT2D eigenvalue weighted by Crippen LogP contribution is -2.55. The molecule has 0 unspecified atom stereocenters. The predicted octanol–water partition coefficient (Wildman–Crippen LogP) is 4.09. The van der Waals surface area contributed by atoms with Crippen LogP contribution in [0.4, 0.5) is 26.5 Å². The van der Waals surface area contributed by atoms with E-state index in [1.165, 1.54) is 6.07 Å². The average Bonchev–Trinajstić information content (AvgIpc) is 3.37. The zero-order chi connectivity index (χ0) is 25.7. The van der Waals surface area contributed by atoms with Gasteiger partial charge in [-0.2, -0.15) is 22.0 Å². The Kier molecular flexibility index (Phi) is 6.49. The third kappa shape index (κ3) is 4.89. The molecule has 0 amide bonds. The van der Waals surface area contributed by atoms with E-state index >= 15 is 0 Å². The van der Waals surface area contributed by atoms with Crippen LogP contribution in [0.25, 0.3) is 21.5 Å². The Morgan fingerprint density at radius 1 is 1.21 bits per heavy atom. The van der Waals surface area contributed by atoms with Crippen molar-refractivity contribution >= 4 is 38.4 Å². The Morgan fingerprint density at radius 3 is 2.41 bits per heavy atom. The molecule has 0 fully saturated rings. The van der Waals surface area contributed by atoms with E-state index in [9.17, 15) is 44.8 Å². The molecule has 0 aliphatic heterocycles. The molecule has 34 heavy (non-hydrogen) atoms. The first-order chi connectivity index (χ1) is 15.5. The van der Waals surface area contributed by atoms with Crippen LogP contribution in [0.15, 0.2) is 34.7 Å². The number of alkyl halides is 5. The Bertz CT molecular complexity index is 1330. The summed E-state index contributed by atoms with van der Waals surface area (Å²) in [6.07, 6.45) is -3.55. The highest BCUT2D eigenvalue weighted by molar-refractivity contribution is 7.91. The number of H-pyrrole nitrogens is 1. The maximum Gasteiger partial charge on any atom is 0.435 e. The van der Waals surface area contributed by atoms with Crippen LogP contribution in [0.2, 0.25) is 0 Å². The summed E-state index contributed by atoms with van der Waals surface area (Å²) in [7, 11) is -5.23. The highest BCUT2D eigenvalue weighted by Crippen LogP contribution is 2.40. The summed E-state index contributed by atoms with van der Waals surface area (Å²) in [6, 6.07) is -0.933. The smallest absolute Gasteiger partial charge is 0.389 e. The molecule has 16 heteroatoms. The topological polar surface area (TPSA) is 113 Å². The molecule has 0 atom stereocenters. The summed E-state index contributed by atoms with van der Waals surface area (Å²) in [5.74, 6) is -2.82. The SMILES string of the molecule is CC(C)(O)CN(C(F)(F)C(=O)OF)S(=O)(=O)c1ccc(-c2ccnc3[nH]c(C(F)(F)F)cc23)s1. The summed E-state index contributed by atoms with van der Waals surface area (Å²) >= 11 is 0.401. The van der Waals surface area contributed by atoms with Gasteiger partial charge in [-0.25, -0.2) is 23.1 Å². The largest absolute Gasteiger partial charge is 0.435 e. The standard InChI is InChI=1S/C18H15F6N3O5S2/c1-16(2,29)8-27(18(22,23)15(28)32-24)34(30,31)13-4-3-11(33-13)9-5-6-25-14-10(9)7-12(26-14)17(19,20)21/h3-7,29H,8H2,1-2H3,(H,25,26). The summed E-state index contributed by atoms with van der Waals surface area (Å²) in [6.45, 7) is 0.630. The number of hydrogen-bond donors (Lipinski definition) is 2. The number of carbonyl (C=O) groups excluding carboxylic acids is 1. The van der Waals surface area contributed by atoms with Crippen molar-refractivity contribution < 1.29 is 49.7 Å². The molecule has 3 aromatic heterocycles. The van der Waals surface area contributed by atoms with E-state index in [-0.39, 0.29) is 21.5 Å². The third-order valence-corrected chi connectivity index (χ3v) is 7.77. The summed E-state index contributed by atoms with van der Waals surface area (Å²) in [5, 5.41) is 9.89. The van der Waals surface area contributed by atoms with Crippen molar-refractivity contribution in [2.24, 2.45) is 0 Å². The van der Waals surface area contributed by atoms with Crippen LogP contribution in [0.5, 0.6) is 0 Å². The molecule has 0 aliphatic carbocycles. The lowest BCUT2D eigenvalue weighted by atomic mass is 10.1. The van der Waals surface area contributed by atoms with Crippen molar-refractivity contribution in [2.45, 2.75) is 35.9 Å². The minimum Gasteiger partial charge on any atom is -0.389 e. The van der Waals surface area contributed by atoms with E-state index in [1.807, 2.05) is 0 Å². The van der Waals surface area contributed by atoms with Crippen molar-refractivity contribution in [1.29, 1.82) is 0 Å². The van der Waals surface area contributed by atoms with Gasteiger partial charge in [0, 0.05) is 33.1 Å². The number of fused-ring (bicyclic) bond motifs is 1. The molecule has 186 valence electrons. The van der Waals surface area contributed by atoms with Gasteiger partial charge < -0.3 is 10.1 Å². The van der Waals surface area contributed by atoms with Gasteiger partial charge in [0.1, 0.15) is 15.6 Å².